The van der Waals surface area contributed by atoms with E-state index in [-0.39, 0.29) is 6.10 Å². The third-order valence-electron chi connectivity index (χ3n) is 2.39. The normalized spacial score (nSPS) is 28.9. The maximum atomic E-state index is 10.9. The van der Waals surface area contributed by atoms with E-state index in [0.717, 1.165) is 11.8 Å². The van der Waals surface area contributed by atoms with Gasteiger partial charge in [-0.3, -0.25) is 0 Å². The molecule has 15 heavy (non-hydrogen) atoms. The first-order valence-corrected chi connectivity index (χ1v) is 4.98. The van der Waals surface area contributed by atoms with Crippen LogP contribution in [-0.2, 0) is 14.3 Å². The molecule has 1 fully saturated rings. The topological polar surface area (TPSA) is 35.5 Å². The predicted octanol–water partition coefficient (Wildman–Crippen LogP) is 2.08. The van der Waals surface area contributed by atoms with Crippen LogP contribution >= 0.6 is 0 Å². The number of benzene rings is 1. The quantitative estimate of drug-likeness (QED) is 0.695. The van der Waals surface area contributed by atoms with Crippen molar-refractivity contribution in [1.29, 1.82) is 0 Å². The zero-order valence-electron chi connectivity index (χ0n) is 8.84. The van der Waals surface area contributed by atoms with Gasteiger partial charge in [0.1, 0.15) is 12.2 Å². The van der Waals surface area contributed by atoms with Gasteiger partial charge in [0.15, 0.2) is 12.1 Å². The summed E-state index contributed by atoms with van der Waals surface area (Å²) in [4.78, 5) is 10.9. The largest absolute Gasteiger partial charge is 0.339 e. The summed E-state index contributed by atoms with van der Waals surface area (Å²) in [7, 11) is 0. The smallest absolute Gasteiger partial charge is 0.164 e. The van der Waals surface area contributed by atoms with Gasteiger partial charge in [-0.1, -0.05) is 30.3 Å². The SMILES string of the molecule is CC1(C)O[C@H](C=O)[C@H](c2ccccc2)O1. The van der Waals surface area contributed by atoms with Crippen molar-refractivity contribution < 1.29 is 14.3 Å². The average Bonchev–Trinajstić information content (AvgIpc) is 2.55. The summed E-state index contributed by atoms with van der Waals surface area (Å²) < 4.78 is 11.2. The molecule has 0 aromatic heterocycles. The number of rotatable bonds is 2. The van der Waals surface area contributed by atoms with Crippen LogP contribution < -0.4 is 0 Å². The second kappa shape index (κ2) is 3.76. The highest BCUT2D eigenvalue weighted by atomic mass is 16.8. The Balaban J connectivity index is 2.26. The van der Waals surface area contributed by atoms with Gasteiger partial charge in [0.25, 0.3) is 0 Å². The van der Waals surface area contributed by atoms with E-state index in [1.165, 1.54) is 0 Å². The third-order valence-corrected chi connectivity index (χ3v) is 2.39. The molecule has 1 heterocycles. The molecule has 1 aliphatic heterocycles. The standard InChI is InChI=1S/C12H14O3/c1-12(2)14-10(8-13)11(15-12)9-6-4-3-5-7-9/h3-8,10-11H,1-2H3/t10-,11+/m1/s1. The van der Waals surface area contributed by atoms with E-state index in [4.69, 9.17) is 9.47 Å². The van der Waals surface area contributed by atoms with E-state index in [1.54, 1.807) is 0 Å². The van der Waals surface area contributed by atoms with Crippen molar-refractivity contribution in [1.82, 2.24) is 0 Å². The van der Waals surface area contributed by atoms with E-state index in [2.05, 4.69) is 0 Å². The molecule has 2 rings (SSSR count). The number of aldehydes is 1. The van der Waals surface area contributed by atoms with Crippen molar-refractivity contribution in [3.05, 3.63) is 35.9 Å². The van der Waals surface area contributed by atoms with Gasteiger partial charge in [0.05, 0.1) is 0 Å². The molecule has 0 aliphatic carbocycles. The molecular formula is C12H14O3. The van der Waals surface area contributed by atoms with Crippen LogP contribution in [0, 0.1) is 0 Å². The fourth-order valence-corrected chi connectivity index (χ4v) is 1.79. The highest BCUT2D eigenvalue weighted by Crippen LogP contribution is 2.36. The molecule has 0 radical (unpaired) electrons. The second-order valence-electron chi connectivity index (χ2n) is 4.07. The molecule has 1 aromatic carbocycles. The Morgan fingerprint density at radius 1 is 1.20 bits per heavy atom. The molecule has 1 aromatic rings. The summed E-state index contributed by atoms with van der Waals surface area (Å²) in [6.07, 6.45) is -0.00650. The summed E-state index contributed by atoms with van der Waals surface area (Å²) in [6, 6.07) is 9.65. The van der Waals surface area contributed by atoms with Gasteiger partial charge >= 0.3 is 0 Å². The fraction of sp³-hybridized carbons (Fsp3) is 0.417. The number of hydrogen-bond acceptors (Lipinski definition) is 3. The lowest BCUT2D eigenvalue weighted by Gasteiger charge is -2.16. The molecule has 0 unspecified atom stereocenters. The fourth-order valence-electron chi connectivity index (χ4n) is 1.79. The first-order valence-electron chi connectivity index (χ1n) is 4.98. The van der Waals surface area contributed by atoms with Crippen LogP contribution in [0.25, 0.3) is 0 Å². The molecule has 0 amide bonds. The third kappa shape index (κ3) is 2.08. The molecule has 2 atom stereocenters. The zero-order chi connectivity index (χ0) is 10.9. The van der Waals surface area contributed by atoms with Crippen LogP contribution in [0.5, 0.6) is 0 Å². The first kappa shape index (κ1) is 10.3. The number of carbonyl (C=O) groups is 1. The molecule has 3 nitrogen and oxygen atoms in total. The lowest BCUT2D eigenvalue weighted by atomic mass is 10.1. The summed E-state index contributed by atoms with van der Waals surface area (Å²) in [5.41, 5.74) is 0.972. The predicted molar refractivity (Wildman–Crippen MR) is 55.3 cm³/mol. The second-order valence-corrected chi connectivity index (χ2v) is 4.07. The highest BCUT2D eigenvalue weighted by Gasteiger charge is 2.41. The van der Waals surface area contributed by atoms with Gasteiger partial charge in [0.2, 0.25) is 0 Å². The maximum absolute atomic E-state index is 10.9. The molecule has 1 saturated heterocycles. The Morgan fingerprint density at radius 2 is 1.87 bits per heavy atom. The van der Waals surface area contributed by atoms with Crippen LogP contribution in [0.15, 0.2) is 30.3 Å². The Labute approximate surface area is 89.0 Å². The summed E-state index contributed by atoms with van der Waals surface area (Å²) >= 11 is 0. The molecule has 0 saturated carbocycles. The Hall–Kier alpha value is -1.19. The van der Waals surface area contributed by atoms with Crippen LogP contribution in [0.1, 0.15) is 25.5 Å². The summed E-state index contributed by atoms with van der Waals surface area (Å²) in [5.74, 6) is -0.688. The summed E-state index contributed by atoms with van der Waals surface area (Å²) in [5, 5.41) is 0. The average molecular weight is 206 g/mol. The number of ether oxygens (including phenoxy) is 2. The maximum Gasteiger partial charge on any atom is 0.164 e. The van der Waals surface area contributed by atoms with E-state index < -0.39 is 11.9 Å². The van der Waals surface area contributed by atoms with Gasteiger partial charge in [-0.2, -0.15) is 0 Å². The zero-order valence-corrected chi connectivity index (χ0v) is 8.84. The van der Waals surface area contributed by atoms with E-state index in [9.17, 15) is 4.79 Å². The van der Waals surface area contributed by atoms with E-state index in [1.807, 2.05) is 44.2 Å². The van der Waals surface area contributed by atoms with Crippen LogP contribution in [-0.4, -0.2) is 18.2 Å². The Kier molecular flexibility index (Phi) is 2.59. The van der Waals surface area contributed by atoms with Crippen molar-refractivity contribution in [2.24, 2.45) is 0 Å². The molecule has 0 N–H and O–H groups in total. The van der Waals surface area contributed by atoms with Gasteiger partial charge in [-0.25, -0.2) is 0 Å². The van der Waals surface area contributed by atoms with E-state index >= 15 is 0 Å². The van der Waals surface area contributed by atoms with Gasteiger partial charge in [0, 0.05) is 0 Å². The van der Waals surface area contributed by atoms with Gasteiger partial charge < -0.3 is 14.3 Å². The lowest BCUT2D eigenvalue weighted by molar-refractivity contribution is -0.150. The first-order chi connectivity index (χ1) is 7.12. The van der Waals surface area contributed by atoms with Crippen molar-refractivity contribution >= 4 is 6.29 Å². The molecule has 3 heteroatoms. The molecule has 0 bridgehead atoms. The monoisotopic (exact) mass is 206 g/mol. The van der Waals surface area contributed by atoms with Gasteiger partial charge in [-0.15, -0.1) is 0 Å². The van der Waals surface area contributed by atoms with Gasteiger partial charge in [-0.05, 0) is 19.4 Å². The highest BCUT2D eigenvalue weighted by molar-refractivity contribution is 5.58. The Bertz CT molecular complexity index is 345. The van der Waals surface area contributed by atoms with Crippen molar-refractivity contribution in [2.75, 3.05) is 0 Å². The minimum atomic E-state index is -0.688. The minimum Gasteiger partial charge on any atom is -0.339 e. The lowest BCUT2D eigenvalue weighted by Crippen LogP contribution is -2.21. The van der Waals surface area contributed by atoms with Crippen LogP contribution in [0.4, 0.5) is 0 Å². The Morgan fingerprint density at radius 3 is 2.47 bits per heavy atom. The molecule has 80 valence electrons. The van der Waals surface area contributed by atoms with Crippen LogP contribution in [0.2, 0.25) is 0 Å². The number of hydrogen-bond donors (Lipinski definition) is 0. The van der Waals surface area contributed by atoms with Crippen molar-refractivity contribution in [2.45, 2.75) is 31.8 Å². The van der Waals surface area contributed by atoms with E-state index in [0.29, 0.717) is 0 Å². The molecule has 1 aliphatic rings. The van der Waals surface area contributed by atoms with Crippen LogP contribution in [0.3, 0.4) is 0 Å². The minimum absolute atomic E-state index is 0.293. The van der Waals surface area contributed by atoms with Crippen molar-refractivity contribution in [3.63, 3.8) is 0 Å². The molecule has 0 spiro atoms. The molecular weight excluding hydrogens is 192 g/mol. The van der Waals surface area contributed by atoms with Crippen molar-refractivity contribution in [3.8, 4) is 0 Å². The number of carbonyl (C=O) groups excluding carboxylic acids is 1. The summed E-state index contributed by atoms with van der Waals surface area (Å²) in [6.45, 7) is 3.62.